The summed E-state index contributed by atoms with van der Waals surface area (Å²) in [6.45, 7) is 7.39. The maximum atomic E-state index is 11.6. The Labute approximate surface area is 91.8 Å². The van der Waals surface area contributed by atoms with Crippen LogP contribution in [-0.2, 0) is 9.53 Å². The van der Waals surface area contributed by atoms with Crippen LogP contribution in [0.5, 0.6) is 0 Å². The van der Waals surface area contributed by atoms with Crippen LogP contribution in [0.15, 0.2) is 0 Å². The summed E-state index contributed by atoms with van der Waals surface area (Å²) in [4.78, 5) is 11.6. The third-order valence-corrected chi connectivity index (χ3v) is 2.65. The molecule has 1 aliphatic heterocycles. The molecule has 4 heteroatoms. The number of hydrogen-bond acceptors (Lipinski definition) is 3. The lowest BCUT2D eigenvalue weighted by atomic mass is 10.1. The first-order valence-corrected chi connectivity index (χ1v) is 5.84. The molecule has 15 heavy (non-hydrogen) atoms. The molecule has 0 aromatic heterocycles. The lowest BCUT2D eigenvalue weighted by molar-refractivity contribution is -0.124. The van der Waals surface area contributed by atoms with E-state index in [2.05, 4.69) is 17.6 Å². The van der Waals surface area contributed by atoms with Crippen LogP contribution in [-0.4, -0.2) is 38.3 Å². The molecule has 1 saturated heterocycles. The van der Waals surface area contributed by atoms with Gasteiger partial charge in [0.15, 0.2) is 0 Å². The van der Waals surface area contributed by atoms with Gasteiger partial charge in [0.2, 0.25) is 5.91 Å². The summed E-state index contributed by atoms with van der Waals surface area (Å²) in [5.41, 5.74) is 0. The molecule has 1 rings (SSSR count). The quantitative estimate of drug-likeness (QED) is 0.634. The maximum Gasteiger partial charge on any atom is 0.225 e. The second-order valence-corrected chi connectivity index (χ2v) is 4.07. The largest absolute Gasteiger partial charge is 0.378 e. The highest BCUT2D eigenvalue weighted by Crippen LogP contribution is 2.18. The number of nitrogens with one attached hydrogen (secondary N) is 2. The topological polar surface area (TPSA) is 50.4 Å². The first kappa shape index (κ1) is 12.5. The molecule has 0 radical (unpaired) electrons. The van der Waals surface area contributed by atoms with Crippen LogP contribution in [0.2, 0.25) is 0 Å². The fourth-order valence-corrected chi connectivity index (χ4v) is 1.75. The monoisotopic (exact) mass is 214 g/mol. The van der Waals surface area contributed by atoms with E-state index in [1.807, 2.05) is 6.92 Å². The van der Waals surface area contributed by atoms with E-state index in [1.54, 1.807) is 0 Å². The van der Waals surface area contributed by atoms with Crippen LogP contribution >= 0.6 is 0 Å². The highest BCUT2D eigenvalue weighted by Gasteiger charge is 2.27. The molecule has 1 heterocycles. The van der Waals surface area contributed by atoms with Crippen molar-refractivity contribution in [2.45, 2.75) is 32.8 Å². The average molecular weight is 214 g/mol. The molecule has 0 saturated carbocycles. The second-order valence-electron chi connectivity index (χ2n) is 4.07. The summed E-state index contributed by atoms with van der Waals surface area (Å²) in [6.07, 6.45) is 2.09. The molecule has 2 N–H and O–H groups in total. The van der Waals surface area contributed by atoms with E-state index >= 15 is 0 Å². The lowest BCUT2D eigenvalue weighted by Gasteiger charge is -2.09. The van der Waals surface area contributed by atoms with E-state index in [4.69, 9.17) is 4.74 Å². The Morgan fingerprint density at radius 1 is 1.47 bits per heavy atom. The van der Waals surface area contributed by atoms with Gasteiger partial charge in [0, 0.05) is 6.54 Å². The van der Waals surface area contributed by atoms with Crippen molar-refractivity contribution in [1.29, 1.82) is 0 Å². The number of carbonyl (C=O) groups excluding carboxylic acids is 1. The Hall–Kier alpha value is -0.610. The molecule has 1 fully saturated rings. The van der Waals surface area contributed by atoms with E-state index in [0.29, 0.717) is 6.61 Å². The Bertz CT molecular complexity index is 197. The molecular formula is C11H22N2O2. The molecule has 0 bridgehead atoms. The molecule has 2 unspecified atom stereocenters. The number of amides is 1. The Morgan fingerprint density at radius 2 is 2.27 bits per heavy atom. The zero-order valence-electron chi connectivity index (χ0n) is 9.71. The van der Waals surface area contributed by atoms with Gasteiger partial charge in [0.1, 0.15) is 0 Å². The molecule has 0 aromatic rings. The smallest absolute Gasteiger partial charge is 0.225 e. The minimum absolute atomic E-state index is 0.0686. The standard InChI is InChI=1S/C11H22N2O2/c1-3-12-5-4-6-13-11(14)10-7-9(2)15-8-10/h9-10,12H,3-8H2,1-2H3,(H,13,14). The summed E-state index contributed by atoms with van der Waals surface area (Å²) in [5, 5.41) is 6.17. The number of hydrogen-bond donors (Lipinski definition) is 2. The van der Waals surface area contributed by atoms with E-state index in [1.165, 1.54) is 0 Å². The fraction of sp³-hybridized carbons (Fsp3) is 0.909. The zero-order valence-corrected chi connectivity index (χ0v) is 9.71. The molecule has 0 aliphatic carbocycles. The van der Waals surface area contributed by atoms with Gasteiger partial charge in [-0.25, -0.2) is 0 Å². The Balaban J connectivity index is 2.03. The molecule has 0 spiro atoms. The third kappa shape index (κ3) is 4.62. The molecule has 88 valence electrons. The lowest BCUT2D eigenvalue weighted by Crippen LogP contribution is -2.33. The maximum absolute atomic E-state index is 11.6. The normalized spacial score (nSPS) is 25.5. The van der Waals surface area contributed by atoms with E-state index in [9.17, 15) is 4.79 Å². The fourth-order valence-electron chi connectivity index (χ4n) is 1.75. The van der Waals surface area contributed by atoms with Crippen LogP contribution in [0.1, 0.15) is 26.7 Å². The highest BCUT2D eigenvalue weighted by atomic mass is 16.5. The van der Waals surface area contributed by atoms with Crippen LogP contribution in [0.4, 0.5) is 0 Å². The number of carbonyl (C=O) groups is 1. The van der Waals surface area contributed by atoms with Gasteiger partial charge in [0.25, 0.3) is 0 Å². The first-order chi connectivity index (χ1) is 7.24. The van der Waals surface area contributed by atoms with Crippen molar-refractivity contribution in [3.05, 3.63) is 0 Å². The van der Waals surface area contributed by atoms with Crippen LogP contribution in [0.25, 0.3) is 0 Å². The van der Waals surface area contributed by atoms with Crippen molar-refractivity contribution in [2.75, 3.05) is 26.2 Å². The van der Waals surface area contributed by atoms with Gasteiger partial charge in [-0.3, -0.25) is 4.79 Å². The van der Waals surface area contributed by atoms with Crippen molar-refractivity contribution < 1.29 is 9.53 Å². The Morgan fingerprint density at radius 3 is 2.87 bits per heavy atom. The highest BCUT2D eigenvalue weighted by molar-refractivity contribution is 5.79. The first-order valence-electron chi connectivity index (χ1n) is 5.84. The van der Waals surface area contributed by atoms with Gasteiger partial charge in [-0.1, -0.05) is 6.92 Å². The average Bonchev–Trinajstić information content (AvgIpc) is 2.64. The van der Waals surface area contributed by atoms with Crippen molar-refractivity contribution in [2.24, 2.45) is 5.92 Å². The zero-order chi connectivity index (χ0) is 11.1. The summed E-state index contributed by atoms with van der Waals surface area (Å²) in [6, 6.07) is 0. The van der Waals surface area contributed by atoms with Crippen molar-refractivity contribution >= 4 is 5.91 Å². The minimum atomic E-state index is 0.0686. The minimum Gasteiger partial charge on any atom is -0.378 e. The van der Waals surface area contributed by atoms with Crippen LogP contribution in [0.3, 0.4) is 0 Å². The van der Waals surface area contributed by atoms with Gasteiger partial charge in [-0.05, 0) is 32.9 Å². The Kier molecular flexibility index (Phi) is 5.65. The number of rotatable bonds is 6. The van der Waals surface area contributed by atoms with Crippen molar-refractivity contribution in [3.63, 3.8) is 0 Å². The molecule has 4 nitrogen and oxygen atoms in total. The van der Waals surface area contributed by atoms with E-state index < -0.39 is 0 Å². The summed E-state index contributed by atoms with van der Waals surface area (Å²) in [5.74, 6) is 0.218. The SMILES string of the molecule is CCNCCCNC(=O)C1COC(C)C1. The molecule has 1 aliphatic rings. The van der Waals surface area contributed by atoms with E-state index in [-0.39, 0.29) is 17.9 Å². The summed E-state index contributed by atoms with van der Waals surface area (Å²) >= 11 is 0. The molecule has 1 amide bonds. The second kappa shape index (κ2) is 6.80. The van der Waals surface area contributed by atoms with Gasteiger partial charge in [-0.15, -0.1) is 0 Å². The van der Waals surface area contributed by atoms with Crippen molar-refractivity contribution in [1.82, 2.24) is 10.6 Å². The summed E-state index contributed by atoms with van der Waals surface area (Å²) in [7, 11) is 0. The van der Waals surface area contributed by atoms with E-state index in [0.717, 1.165) is 32.5 Å². The van der Waals surface area contributed by atoms with Gasteiger partial charge in [-0.2, -0.15) is 0 Å². The van der Waals surface area contributed by atoms with Crippen molar-refractivity contribution in [3.8, 4) is 0 Å². The predicted octanol–water partition coefficient (Wildman–Crippen LogP) is 0.527. The summed E-state index contributed by atoms with van der Waals surface area (Å²) < 4.78 is 5.36. The molecular weight excluding hydrogens is 192 g/mol. The molecule has 2 atom stereocenters. The van der Waals surface area contributed by atoms with Gasteiger partial charge >= 0.3 is 0 Å². The predicted molar refractivity (Wildman–Crippen MR) is 59.7 cm³/mol. The van der Waals surface area contributed by atoms with Crippen LogP contribution in [0, 0.1) is 5.92 Å². The van der Waals surface area contributed by atoms with Gasteiger partial charge in [0.05, 0.1) is 18.6 Å². The van der Waals surface area contributed by atoms with Crippen LogP contribution < -0.4 is 10.6 Å². The molecule has 0 aromatic carbocycles. The number of ether oxygens (including phenoxy) is 1. The van der Waals surface area contributed by atoms with Gasteiger partial charge < -0.3 is 15.4 Å². The third-order valence-electron chi connectivity index (χ3n) is 2.65.